The molecule has 3 nitrogen and oxygen atoms in total. The molecule has 0 bridgehead atoms. The molecule has 1 rings (SSSR count). The highest BCUT2D eigenvalue weighted by molar-refractivity contribution is 5.73. The smallest absolute Gasteiger partial charge is 0.219 e. The lowest BCUT2D eigenvalue weighted by Crippen LogP contribution is -2.40. The molecular formula is C9H14N2O. The molecule has 0 saturated carbocycles. The standard InChI is InChI=1S/C9H14N2O/c1-8(12)11-5-3-9(2,7-10)4-6-11/h3-6H2,1-2H3. The Bertz CT molecular complexity index is 221. The summed E-state index contributed by atoms with van der Waals surface area (Å²) in [6.45, 7) is 5.01. The number of amides is 1. The van der Waals surface area contributed by atoms with Gasteiger partial charge < -0.3 is 4.90 Å². The highest BCUT2D eigenvalue weighted by atomic mass is 16.2. The fourth-order valence-corrected chi connectivity index (χ4v) is 1.43. The Labute approximate surface area is 73.0 Å². The van der Waals surface area contributed by atoms with Crippen LogP contribution in [0.2, 0.25) is 0 Å². The number of piperidine rings is 1. The molecule has 0 unspecified atom stereocenters. The van der Waals surface area contributed by atoms with Crippen molar-refractivity contribution in [3.63, 3.8) is 0 Å². The van der Waals surface area contributed by atoms with Crippen LogP contribution in [0.1, 0.15) is 26.7 Å². The molecule has 0 aromatic heterocycles. The van der Waals surface area contributed by atoms with E-state index in [1.54, 1.807) is 11.8 Å². The molecule has 1 heterocycles. The van der Waals surface area contributed by atoms with Gasteiger partial charge in [0.15, 0.2) is 0 Å². The topological polar surface area (TPSA) is 44.1 Å². The molecule has 3 heteroatoms. The van der Waals surface area contributed by atoms with E-state index in [1.165, 1.54) is 0 Å². The monoisotopic (exact) mass is 166 g/mol. The van der Waals surface area contributed by atoms with Crippen molar-refractivity contribution in [2.24, 2.45) is 5.41 Å². The Balaban J connectivity index is 2.51. The summed E-state index contributed by atoms with van der Waals surface area (Å²) in [6, 6.07) is 2.30. The van der Waals surface area contributed by atoms with Gasteiger partial charge in [0.05, 0.1) is 11.5 Å². The lowest BCUT2D eigenvalue weighted by Gasteiger charge is -2.34. The Morgan fingerprint density at radius 2 is 2.00 bits per heavy atom. The van der Waals surface area contributed by atoms with Crippen LogP contribution in [0.4, 0.5) is 0 Å². The van der Waals surface area contributed by atoms with Crippen LogP contribution in [0, 0.1) is 16.7 Å². The van der Waals surface area contributed by atoms with Crippen LogP contribution in [0.3, 0.4) is 0 Å². The van der Waals surface area contributed by atoms with E-state index < -0.39 is 0 Å². The third-order valence-electron chi connectivity index (χ3n) is 2.58. The van der Waals surface area contributed by atoms with Crippen LogP contribution >= 0.6 is 0 Å². The second-order valence-electron chi connectivity index (χ2n) is 3.68. The minimum atomic E-state index is -0.202. The van der Waals surface area contributed by atoms with Gasteiger partial charge in [-0.1, -0.05) is 0 Å². The zero-order valence-electron chi connectivity index (χ0n) is 7.63. The summed E-state index contributed by atoms with van der Waals surface area (Å²) in [5.74, 6) is 0.120. The fourth-order valence-electron chi connectivity index (χ4n) is 1.43. The van der Waals surface area contributed by atoms with Crippen LogP contribution < -0.4 is 0 Å². The van der Waals surface area contributed by atoms with Gasteiger partial charge in [-0.05, 0) is 19.8 Å². The lowest BCUT2D eigenvalue weighted by atomic mass is 9.82. The van der Waals surface area contributed by atoms with E-state index in [1.807, 2.05) is 6.92 Å². The van der Waals surface area contributed by atoms with Gasteiger partial charge in [0.25, 0.3) is 0 Å². The van der Waals surface area contributed by atoms with E-state index >= 15 is 0 Å². The molecule has 1 aliphatic heterocycles. The van der Waals surface area contributed by atoms with Crippen molar-refractivity contribution in [1.82, 2.24) is 4.90 Å². The van der Waals surface area contributed by atoms with Gasteiger partial charge in [0.2, 0.25) is 5.91 Å². The maximum atomic E-state index is 10.9. The SMILES string of the molecule is CC(=O)N1CCC(C)(C#N)CC1. The second kappa shape index (κ2) is 3.14. The first-order chi connectivity index (χ1) is 5.57. The third kappa shape index (κ3) is 1.76. The summed E-state index contributed by atoms with van der Waals surface area (Å²) in [6.07, 6.45) is 1.62. The first kappa shape index (κ1) is 9.05. The number of rotatable bonds is 0. The molecule has 66 valence electrons. The fraction of sp³-hybridized carbons (Fsp3) is 0.778. The van der Waals surface area contributed by atoms with Crippen molar-refractivity contribution in [3.05, 3.63) is 0 Å². The van der Waals surface area contributed by atoms with Crippen LogP contribution in [0.25, 0.3) is 0 Å². The number of nitriles is 1. The molecule has 0 aromatic rings. The van der Waals surface area contributed by atoms with Crippen LogP contribution in [-0.2, 0) is 4.79 Å². The van der Waals surface area contributed by atoms with Crippen molar-refractivity contribution < 1.29 is 4.79 Å². The third-order valence-corrected chi connectivity index (χ3v) is 2.58. The zero-order chi connectivity index (χ0) is 9.19. The number of nitrogens with zero attached hydrogens (tertiary/aromatic N) is 2. The largest absolute Gasteiger partial charge is 0.343 e. The average Bonchev–Trinajstić information content (AvgIpc) is 2.05. The molecule has 1 aliphatic rings. The van der Waals surface area contributed by atoms with Gasteiger partial charge in [0, 0.05) is 20.0 Å². The Morgan fingerprint density at radius 1 is 1.50 bits per heavy atom. The van der Waals surface area contributed by atoms with Gasteiger partial charge in [-0.2, -0.15) is 5.26 Å². The van der Waals surface area contributed by atoms with Gasteiger partial charge in [0.1, 0.15) is 0 Å². The van der Waals surface area contributed by atoms with Gasteiger partial charge >= 0.3 is 0 Å². The second-order valence-corrected chi connectivity index (χ2v) is 3.68. The van der Waals surface area contributed by atoms with E-state index in [0.29, 0.717) is 0 Å². The highest BCUT2D eigenvalue weighted by Gasteiger charge is 2.30. The summed E-state index contributed by atoms with van der Waals surface area (Å²) >= 11 is 0. The molecule has 1 fully saturated rings. The van der Waals surface area contributed by atoms with Crippen molar-refractivity contribution in [3.8, 4) is 6.07 Å². The summed E-state index contributed by atoms with van der Waals surface area (Å²) in [5, 5.41) is 8.82. The maximum absolute atomic E-state index is 10.9. The molecule has 1 saturated heterocycles. The normalized spacial score (nSPS) is 21.6. The number of likely N-dealkylation sites (tertiary alicyclic amines) is 1. The summed E-state index contributed by atoms with van der Waals surface area (Å²) in [7, 11) is 0. The average molecular weight is 166 g/mol. The Kier molecular flexibility index (Phi) is 2.37. The summed E-state index contributed by atoms with van der Waals surface area (Å²) < 4.78 is 0. The summed E-state index contributed by atoms with van der Waals surface area (Å²) in [4.78, 5) is 12.7. The van der Waals surface area contributed by atoms with Gasteiger partial charge in [-0.25, -0.2) is 0 Å². The van der Waals surface area contributed by atoms with Crippen LogP contribution in [0.15, 0.2) is 0 Å². The molecule has 0 atom stereocenters. The first-order valence-corrected chi connectivity index (χ1v) is 4.24. The lowest BCUT2D eigenvalue weighted by molar-refractivity contribution is -0.130. The predicted octanol–water partition coefficient (Wildman–Crippen LogP) is 1.16. The number of hydrogen-bond donors (Lipinski definition) is 0. The molecule has 0 N–H and O–H groups in total. The Hall–Kier alpha value is -1.04. The van der Waals surface area contributed by atoms with Crippen LogP contribution in [-0.4, -0.2) is 23.9 Å². The first-order valence-electron chi connectivity index (χ1n) is 4.24. The van der Waals surface area contributed by atoms with E-state index in [0.717, 1.165) is 25.9 Å². The molecule has 0 aromatic carbocycles. The van der Waals surface area contributed by atoms with Gasteiger partial charge in [-0.3, -0.25) is 4.79 Å². The van der Waals surface area contributed by atoms with Gasteiger partial charge in [-0.15, -0.1) is 0 Å². The van der Waals surface area contributed by atoms with Crippen molar-refractivity contribution in [1.29, 1.82) is 5.26 Å². The van der Waals surface area contributed by atoms with Crippen molar-refractivity contribution in [2.45, 2.75) is 26.7 Å². The van der Waals surface area contributed by atoms with Crippen molar-refractivity contribution >= 4 is 5.91 Å². The van der Waals surface area contributed by atoms with Crippen molar-refractivity contribution in [2.75, 3.05) is 13.1 Å². The molecule has 0 radical (unpaired) electrons. The van der Waals surface area contributed by atoms with E-state index in [4.69, 9.17) is 5.26 Å². The number of hydrogen-bond acceptors (Lipinski definition) is 2. The molecule has 12 heavy (non-hydrogen) atoms. The molecule has 1 amide bonds. The van der Waals surface area contributed by atoms with Crippen LogP contribution in [0.5, 0.6) is 0 Å². The summed E-state index contributed by atoms with van der Waals surface area (Å²) in [5.41, 5.74) is -0.202. The maximum Gasteiger partial charge on any atom is 0.219 e. The number of carbonyl (C=O) groups excluding carboxylic acids is 1. The molecular weight excluding hydrogens is 152 g/mol. The van der Waals surface area contributed by atoms with E-state index in [2.05, 4.69) is 6.07 Å². The Morgan fingerprint density at radius 3 is 2.33 bits per heavy atom. The minimum Gasteiger partial charge on any atom is -0.343 e. The van der Waals surface area contributed by atoms with E-state index in [-0.39, 0.29) is 11.3 Å². The highest BCUT2D eigenvalue weighted by Crippen LogP contribution is 2.29. The minimum absolute atomic E-state index is 0.120. The predicted molar refractivity (Wildman–Crippen MR) is 45.2 cm³/mol. The van der Waals surface area contributed by atoms with E-state index in [9.17, 15) is 4.79 Å². The number of carbonyl (C=O) groups is 1. The quantitative estimate of drug-likeness (QED) is 0.542. The molecule has 0 spiro atoms. The zero-order valence-corrected chi connectivity index (χ0v) is 7.63. The molecule has 0 aliphatic carbocycles.